The highest BCUT2D eigenvalue weighted by atomic mass is 32.2. The quantitative estimate of drug-likeness (QED) is 0.580. The number of rotatable bonds is 6. The molecule has 0 spiro atoms. The minimum atomic E-state index is -0.586. The van der Waals surface area contributed by atoms with Crippen molar-refractivity contribution in [2.45, 2.75) is 26.4 Å². The van der Waals surface area contributed by atoms with Crippen molar-refractivity contribution in [3.8, 4) is 5.75 Å². The number of hydrogen-bond acceptors (Lipinski definition) is 6. The normalized spacial score (nSPS) is 17.3. The van der Waals surface area contributed by atoms with Crippen molar-refractivity contribution in [3.05, 3.63) is 34.7 Å². The van der Waals surface area contributed by atoms with Crippen LogP contribution in [-0.2, 0) is 14.3 Å². The summed E-state index contributed by atoms with van der Waals surface area (Å²) in [6.07, 6.45) is 2.04. The molecule has 1 aliphatic rings. The highest BCUT2D eigenvalue weighted by Gasteiger charge is 2.36. The Balaban J connectivity index is 2.07. The summed E-state index contributed by atoms with van der Waals surface area (Å²) in [5.41, 5.74) is 0.767. The molecule has 128 valence electrons. The van der Waals surface area contributed by atoms with Crippen molar-refractivity contribution < 1.29 is 23.9 Å². The first-order chi connectivity index (χ1) is 11.4. The highest BCUT2D eigenvalue weighted by Crippen LogP contribution is 2.32. The predicted octanol–water partition coefficient (Wildman–Crippen LogP) is 3.07. The first-order valence-corrected chi connectivity index (χ1v) is 8.35. The first-order valence-electron chi connectivity index (χ1n) is 7.53. The molecule has 0 aliphatic carbocycles. The minimum absolute atomic E-state index is 0.243. The third kappa shape index (κ3) is 4.38. The Morgan fingerprint density at radius 2 is 1.96 bits per heavy atom. The number of hydrogen-bond donors (Lipinski definition) is 0. The molecule has 1 atom stereocenters. The lowest BCUT2D eigenvalue weighted by molar-refractivity contribution is -0.150. The van der Waals surface area contributed by atoms with E-state index < -0.39 is 17.1 Å². The first kappa shape index (κ1) is 18.1. The molecule has 1 aromatic rings. The molecule has 2 amide bonds. The Labute approximate surface area is 144 Å². The lowest BCUT2D eigenvalue weighted by Crippen LogP contribution is -2.35. The zero-order chi connectivity index (χ0) is 17.7. The largest absolute Gasteiger partial charge is 0.497 e. The Hall–Kier alpha value is -2.28. The van der Waals surface area contributed by atoms with E-state index in [4.69, 9.17) is 9.47 Å². The van der Waals surface area contributed by atoms with Crippen molar-refractivity contribution in [2.75, 3.05) is 13.7 Å². The van der Waals surface area contributed by atoms with E-state index >= 15 is 0 Å². The second-order valence-electron chi connectivity index (χ2n) is 5.25. The minimum Gasteiger partial charge on any atom is -0.497 e. The molecule has 1 heterocycles. The van der Waals surface area contributed by atoms with Crippen LogP contribution in [0, 0.1) is 0 Å². The van der Waals surface area contributed by atoms with Gasteiger partial charge < -0.3 is 9.47 Å². The van der Waals surface area contributed by atoms with E-state index in [-0.39, 0.29) is 17.6 Å². The smallest absolute Gasteiger partial charge is 0.326 e. The number of benzene rings is 1. The molecular formula is C17H19NO5S. The van der Waals surface area contributed by atoms with Gasteiger partial charge in [-0.15, -0.1) is 0 Å². The van der Waals surface area contributed by atoms with Gasteiger partial charge in [-0.25, -0.2) is 0 Å². The van der Waals surface area contributed by atoms with Crippen LogP contribution in [0.3, 0.4) is 0 Å². The fourth-order valence-corrected chi connectivity index (χ4v) is 2.80. The van der Waals surface area contributed by atoms with E-state index in [1.54, 1.807) is 44.4 Å². The summed E-state index contributed by atoms with van der Waals surface area (Å²) >= 11 is 0.813. The van der Waals surface area contributed by atoms with Crippen molar-refractivity contribution in [3.63, 3.8) is 0 Å². The van der Waals surface area contributed by atoms with E-state index in [2.05, 4.69) is 0 Å². The van der Waals surface area contributed by atoms with Gasteiger partial charge >= 0.3 is 5.97 Å². The van der Waals surface area contributed by atoms with Gasteiger partial charge in [0.2, 0.25) is 0 Å². The standard InChI is InChI=1S/C17H19NO5S/c1-4-11(2)23-15(19)10-18-16(20)14(24-17(18)21)9-12-5-7-13(22-3)8-6-12/h5-9,11H,4,10H2,1-3H3/b14-9+/t11-/m1/s1. The van der Waals surface area contributed by atoms with Gasteiger partial charge in [0.25, 0.3) is 11.1 Å². The molecule has 0 saturated carbocycles. The van der Waals surface area contributed by atoms with Gasteiger partial charge in [0.1, 0.15) is 12.3 Å². The summed E-state index contributed by atoms with van der Waals surface area (Å²) in [6, 6.07) is 7.09. The summed E-state index contributed by atoms with van der Waals surface area (Å²) in [6.45, 7) is 3.28. The number of carbonyl (C=O) groups excluding carboxylic acids is 3. The summed E-state index contributed by atoms with van der Waals surface area (Å²) < 4.78 is 10.2. The van der Waals surface area contributed by atoms with Crippen molar-refractivity contribution >= 4 is 35.0 Å². The van der Waals surface area contributed by atoms with Gasteiger partial charge in [-0.05, 0) is 48.9 Å². The van der Waals surface area contributed by atoms with Crippen molar-refractivity contribution in [1.82, 2.24) is 4.90 Å². The number of amides is 2. The van der Waals surface area contributed by atoms with E-state index in [0.29, 0.717) is 12.2 Å². The summed E-state index contributed by atoms with van der Waals surface area (Å²) in [4.78, 5) is 37.3. The average Bonchev–Trinajstić information content (AvgIpc) is 2.83. The molecule has 0 N–H and O–H groups in total. The van der Waals surface area contributed by atoms with Gasteiger partial charge in [0, 0.05) is 0 Å². The lowest BCUT2D eigenvalue weighted by Gasteiger charge is -2.14. The number of imide groups is 1. The van der Waals surface area contributed by atoms with Crippen LogP contribution in [0.1, 0.15) is 25.8 Å². The van der Waals surface area contributed by atoms with E-state index in [0.717, 1.165) is 22.2 Å². The second-order valence-corrected chi connectivity index (χ2v) is 6.24. The number of thioether (sulfide) groups is 1. The Kier molecular flexibility index (Phi) is 6.03. The molecule has 1 fully saturated rings. The molecule has 7 heteroatoms. The number of nitrogens with zero attached hydrogens (tertiary/aromatic N) is 1. The summed E-state index contributed by atoms with van der Waals surface area (Å²) in [5.74, 6) is -0.368. The van der Waals surface area contributed by atoms with E-state index in [1.165, 1.54) is 0 Å². The van der Waals surface area contributed by atoms with Gasteiger partial charge in [-0.1, -0.05) is 19.1 Å². The van der Waals surface area contributed by atoms with Gasteiger partial charge in [-0.3, -0.25) is 19.3 Å². The number of carbonyl (C=O) groups is 3. The topological polar surface area (TPSA) is 72.9 Å². The maximum absolute atomic E-state index is 12.3. The van der Waals surface area contributed by atoms with Crippen molar-refractivity contribution in [2.24, 2.45) is 0 Å². The van der Waals surface area contributed by atoms with Gasteiger partial charge in [-0.2, -0.15) is 0 Å². The molecule has 1 saturated heterocycles. The molecule has 2 rings (SSSR count). The molecule has 24 heavy (non-hydrogen) atoms. The van der Waals surface area contributed by atoms with Gasteiger partial charge in [0.15, 0.2) is 0 Å². The molecule has 0 unspecified atom stereocenters. The van der Waals surface area contributed by atoms with Crippen LogP contribution in [0.5, 0.6) is 5.75 Å². The average molecular weight is 349 g/mol. The molecular weight excluding hydrogens is 330 g/mol. The molecule has 1 aromatic carbocycles. The van der Waals surface area contributed by atoms with Gasteiger partial charge in [0.05, 0.1) is 18.1 Å². The molecule has 6 nitrogen and oxygen atoms in total. The van der Waals surface area contributed by atoms with Crippen LogP contribution >= 0.6 is 11.8 Å². The summed E-state index contributed by atoms with van der Waals surface area (Å²) in [7, 11) is 1.57. The number of esters is 1. The Morgan fingerprint density at radius 3 is 2.54 bits per heavy atom. The molecule has 0 bridgehead atoms. The molecule has 0 aromatic heterocycles. The zero-order valence-electron chi connectivity index (χ0n) is 13.8. The predicted molar refractivity (Wildman–Crippen MR) is 91.5 cm³/mol. The fraction of sp³-hybridized carbons (Fsp3) is 0.353. The van der Waals surface area contributed by atoms with Crippen LogP contribution in [-0.4, -0.2) is 41.8 Å². The van der Waals surface area contributed by atoms with Crippen molar-refractivity contribution in [1.29, 1.82) is 0 Å². The van der Waals surface area contributed by atoms with Crippen LogP contribution < -0.4 is 4.74 Å². The Morgan fingerprint density at radius 1 is 1.29 bits per heavy atom. The van der Waals surface area contributed by atoms with E-state index in [1.807, 2.05) is 6.92 Å². The SMILES string of the molecule is CC[C@@H](C)OC(=O)CN1C(=O)S/C(=C/c2ccc(OC)cc2)C1=O. The number of ether oxygens (including phenoxy) is 2. The third-order valence-corrected chi connectivity index (χ3v) is 4.39. The maximum Gasteiger partial charge on any atom is 0.326 e. The lowest BCUT2D eigenvalue weighted by atomic mass is 10.2. The van der Waals surface area contributed by atoms with Crippen LogP contribution in [0.4, 0.5) is 4.79 Å². The maximum atomic E-state index is 12.3. The van der Waals surface area contributed by atoms with Crippen LogP contribution in [0.15, 0.2) is 29.2 Å². The van der Waals surface area contributed by atoms with Crippen LogP contribution in [0.2, 0.25) is 0 Å². The van der Waals surface area contributed by atoms with E-state index in [9.17, 15) is 14.4 Å². The zero-order valence-corrected chi connectivity index (χ0v) is 14.6. The Bertz CT molecular complexity index is 668. The fourth-order valence-electron chi connectivity index (χ4n) is 1.96. The monoisotopic (exact) mass is 349 g/mol. The number of methoxy groups -OCH3 is 1. The molecule has 0 radical (unpaired) electrons. The third-order valence-electron chi connectivity index (χ3n) is 3.48. The second kappa shape index (κ2) is 8.01. The highest BCUT2D eigenvalue weighted by molar-refractivity contribution is 8.18. The summed E-state index contributed by atoms with van der Waals surface area (Å²) in [5, 5.41) is -0.471. The molecule has 1 aliphatic heterocycles. The van der Waals surface area contributed by atoms with Crippen LogP contribution in [0.25, 0.3) is 6.08 Å².